The molecular weight excluding hydrogens is 398 g/mol. The van der Waals surface area contributed by atoms with E-state index < -0.39 is 5.91 Å². The van der Waals surface area contributed by atoms with Gasteiger partial charge in [-0.15, -0.1) is 11.3 Å². The summed E-state index contributed by atoms with van der Waals surface area (Å²) in [6, 6.07) is 17.2. The normalized spacial score (nSPS) is 15.3. The van der Waals surface area contributed by atoms with Crippen molar-refractivity contribution in [3.05, 3.63) is 81.7 Å². The van der Waals surface area contributed by atoms with Crippen LogP contribution in [0.3, 0.4) is 0 Å². The first-order valence-electron chi connectivity index (χ1n) is 9.82. The van der Waals surface area contributed by atoms with Crippen molar-refractivity contribution in [1.29, 1.82) is 0 Å². The number of methoxy groups -OCH3 is 1. The van der Waals surface area contributed by atoms with Gasteiger partial charge in [-0.25, -0.2) is 0 Å². The van der Waals surface area contributed by atoms with Crippen molar-refractivity contribution >= 4 is 28.2 Å². The predicted octanol–water partition coefficient (Wildman–Crippen LogP) is 2.25. The Labute approximate surface area is 179 Å². The number of primary amides is 1. The number of thiophene rings is 1. The number of anilines is 1. The zero-order chi connectivity index (χ0) is 21.1. The second-order valence-electron chi connectivity index (χ2n) is 7.34. The quantitative estimate of drug-likeness (QED) is 0.570. The average Bonchev–Trinajstić information content (AvgIpc) is 3.11. The topological polar surface area (TPSA) is 85.9 Å². The number of nitrogens with two attached hydrogens (primary N) is 1. The molecule has 2 heterocycles. The van der Waals surface area contributed by atoms with E-state index in [0.29, 0.717) is 21.9 Å². The standard InChI is InChI=1S/C23H23N3O3S/c1-29-17-9-7-16(8-10-17)22(28)25-23-20(21(24)27)18-11-12-26(14-19(18)30-23)13-15-5-3-2-4-6-15/h2-10H,11-14H2,1H3,(H2,24,27)(H,25,28)/p+1. The molecule has 0 radical (unpaired) electrons. The van der Waals surface area contributed by atoms with E-state index in [1.807, 2.05) is 18.2 Å². The molecule has 30 heavy (non-hydrogen) atoms. The molecule has 4 rings (SSSR count). The highest BCUT2D eigenvalue weighted by atomic mass is 32.1. The molecule has 4 N–H and O–H groups in total. The number of quaternary nitrogens is 1. The van der Waals surface area contributed by atoms with Crippen LogP contribution in [0.5, 0.6) is 5.75 Å². The van der Waals surface area contributed by atoms with Crippen LogP contribution in [0.1, 0.15) is 36.7 Å². The van der Waals surface area contributed by atoms with Crippen LogP contribution in [0.4, 0.5) is 5.00 Å². The van der Waals surface area contributed by atoms with Gasteiger partial charge in [0, 0.05) is 17.5 Å². The Hall–Kier alpha value is -3.16. The number of rotatable bonds is 6. The molecule has 2 aromatic carbocycles. The highest BCUT2D eigenvalue weighted by Gasteiger charge is 2.29. The van der Waals surface area contributed by atoms with E-state index in [-0.39, 0.29) is 5.91 Å². The average molecular weight is 423 g/mol. The lowest BCUT2D eigenvalue weighted by atomic mass is 10.0. The number of amides is 2. The predicted molar refractivity (Wildman–Crippen MR) is 117 cm³/mol. The van der Waals surface area contributed by atoms with Gasteiger partial charge < -0.3 is 20.7 Å². The van der Waals surface area contributed by atoms with E-state index in [1.165, 1.54) is 21.8 Å². The van der Waals surface area contributed by atoms with Gasteiger partial charge in [-0.1, -0.05) is 30.3 Å². The van der Waals surface area contributed by atoms with Crippen LogP contribution in [0.25, 0.3) is 0 Å². The third-order valence-corrected chi connectivity index (χ3v) is 6.50. The smallest absolute Gasteiger partial charge is 0.256 e. The van der Waals surface area contributed by atoms with Crippen molar-refractivity contribution in [2.45, 2.75) is 19.5 Å². The summed E-state index contributed by atoms with van der Waals surface area (Å²) in [6.07, 6.45) is 0.769. The number of carbonyl (C=O) groups excluding carboxylic acids is 2. The Morgan fingerprint density at radius 2 is 1.87 bits per heavy atom. The second-order valence-corrected chi connectivity index (χ2v) is 8.45. The van der Waals surface area contributed by atoms with Crippen molar-refractivity contribution < 1.29 is 19.2 Å². The molecule has 0 spiro atoms. The second kappa shape index (κ2) is 8.69. The van der Waals surface area contributed by atoms with Crippen molar-refractivity contribution in [2.24, 2.45) is 5.73 Å². The summed E-state index contributed by atoms with van der Waals surface area (Å²) in [7, 11) is 1.58. The van der Waals surface area contributed by atoms with Gasteiger partial charge in [-0.2, -0.15) is 0 Å². The molecule has 7 heteroatoms. The lowest BCUT2D eigenvalue weighted by molar-refractivity contribution is -0.929. The Balaban J connectivity index is 1.54. The van der Waals surface area contributed by atoms with Gasteiger partial charge in [-0.05, 0) is 29.8 Å². The first-order valence-corrected chi connectivity index (χ1v) is 10.6. The molecule has 154 valence electrons. The molecule has 3 aromatic rings. The van der Waals surface area contributed by atoms with Crippen LogP contribution in [0, 0.1) is 0 Å². The van der Waals surface area contributed by atoms with Crippen LogP contribution in [0.15, 0.2) is 54.6 Å². The van der Waals surface area contributed by atoms with Gasteiger partial charge in [-0.3, -0.25) is 9.59 Å². The number of ether oxygens (including phenoxy) is 1. The van der Waals surface area contributed by atoms with E-state index in [0.717, 1.165) is 36.5 Å². The molecular formula is C23H24N3O3S+. The summed E-state index contributed by atoms with van der Waals surface area (Å²) in [6.45, 7) is 2.66. The van der Waals surface area contributed by atoms with Crippen LogP contribution in [-0.4, -0.2) is 25.5 Å². The Bertz CT molecular complexity index is 1060. The maximum Gasteiger partial charge on any atom is 0.256 e. The molecule has 6 nitrogen and oxygen atoms in total. The Morgan fingerprint density at radius 1 is 1.13 bits per heavy atom. The van der Waals surface area contributed by atoms with Gasteiger partial charge in [0.1, 0.15) is 23.8 Å². The van der Waals surface area contributed by atoms with E-state index >= 15 is 0 Å². The Morgan fingerprint density at radius 3 is 2.53 bits per heavy atom. The minimum atomic E-state index is -0.496. The lowest BCUT2D eigenvalue weighted by Crippen LogP contribution is -3.10. The number of carbonyl (C=O) groups is 2. The van der Waals surface area contributed by atoms with Gasteiger partial charge >= 0.3 is 0 Å². The zero-order valence-corrected chi connectivity index (χ0v) is 17.6. The fraction of sp³-hybridized carbons (Fsp3) is 0.217. The minimum absolute atomic E-state index is 0.271. The maximum atomic E-state index is 12.7. The number of fused-ring (bicyclic) bond motifs is 1. The number of hydrogen-bond acceptors (Lipinski definition) is 4. The summed E-state index contributed by atoms with van der Waals surface area (Å²) in [4.78, 5) is 27.4. The molecule has 1 aliphatic rings. The third kappa shape index (κ3) is 4.22. The first-order chi connectivity index (χ1) is 14.5. The molecule has 0 saturated carbocycles. The number of hydrogen-bond donors (Lipinski definition) is 3. The van der Waals surface area contributed by atoms with E-state index in [2.05, 4.69) is 17.4 Å². The lowest BCUT2D eigenvalue weighted by Gasteiger charge is -2.24. The van der Waals surface area contributed by atoms with Crippen LogP contribution < -0.4 is 20.7 Å². The van der Waals surface area contributed by atoms with Gasteiger partial charge in [0.15, 0.2) is 0 Å². The van der Waals surface area contributed by atoms with Crippen molar-refractivity contribution in [1.82, 2.24) is 0 Å². The summed E-state index contributed by atoms with van der Waals surface area (Å²) in [5.74, 6) is -0.0891. The van der Waals surface area contributed by atoms with E-state index in [4.69, 9.17) is 10.5 Å². The molecule has 0 saturated heterocycles. The SMILES string of the molecule is COc1ccc(C(=O)Nc2sc3c(c2C(N)=O)CC[NH+](Cc2ccccc2)C3)cc1. The number of nitrogens with one attached hydrogen (secondary N) is 2. The third-order valence-electron chi connectivity index (χ3n) is 5.35. The summed E-state index contributed by atoms with van der Waals surface area (Å²) < 4.78 is 5.13. The van der Waals surface area contributed by atoms with Crippen LogP contribution in [-0.2, 0) is 19.5 Å². The fourth-order valence-electron chi connectivity index (χ4n) is 3.84. The highest BCUT2D eigenvalue weighted by Crippen LogP contribution is 2.34. The maximum absolute atomic E-state index is 12.7. The van der Waals surface area contributed by atoms with Crippen LogP contribution in [0.2, 0.25) is 0 Å². The molecule has 0 aliphatic carbocycles. The molecule has 1 aromatic heterocycles. The van der Waals surface area contributed by atoms with E-state index in [1.54, 1.807) is 31.4 Å². The monoisotopic (exact) mass is 422 g/mol. The van der Waals surface area contributed by atoms with Gasteiger partial charge in [0.05, 0.1) is 24.1 Å². The molecule has 0 fully saturated rings. The number of benzene rings is 2. The summed E-state index contributed by atoms with van der Waals surface area (Å²) in [5, 5.41) is 3.43. The summed E-state index contributed by atoms with van der Waals surface area (Å²) >= 11 is 1.46. The van der Waals surface area contributed by atoms with Gasteiger partial charge in [0.25, 0.3) is 11.8 Å². The summed E-state index contributed by atoms with van der Waals surface area (Å²) in [5.41, 5.74) is 8.90. The largest absolute Gasteiger partial charge is 0.497 e. The van der Waals surface area contributed by atoms with Crippen LogP contribution >= 0.6 is 11.3 Å². The zero-order valence-electron chi connectivity index (χ0n) is 16.7. The molecule has 1 aliphatic heterocycles. The van der Waals surface area contributed by atoms with Gasteiger partial charge in [0.2, 0.25) is 0 Å². The molecule has 0 bridgehead atoms. The first kappa shape index (κ1) is 20.1. The van der Waals surface area contributed by atoms with Crippen molar-refractivity contribution in [2.75, 3.05) is 19.0 Å². The minimum Gasteiger partial charge on any atom is -0.497 e. The van der Waals surface area contributed by atoms with Crippen molar-refractivity contribution in [3.8, 4) is 5.75 Å². The van der Waals surface area contributed by atoms with E-state index in [9.17, 15) is 9.59 Å². The van der Waals surface area contributed by atoms with Crippen molar-refractivity contribution in [3.63, 3.8) is 0 Å². The fourth-order valence-corrected chi connectivity index (χ4v) is 5.16. The molecule has 1 atom stereocenters. The molecule has 2 amide bonds. The highest BCUT2D eigenvalue weighted by molar-refractivity contribution is 7.17. The molecule has 1 unspecified atom stereocenters. The Kier molecular flexibility index (Phi) is 5.83.